The zero-order valence-corrected chi connectivity index (χ0v) is 13.5. The lowest BCUT2D eigenvalue weighted by Gasteiger charge is -2.16. The molecule has 1 amide bonds. The number of hydrogen-bond acceptors (Lipinski definition) is 5. The molecule has 24 heavy (non-hydrogen) atoms. The minimum Gasteiger partial charge on any atom is -0.490 e. The zero-order chi connectivity index (χ0) is 16.8. The van der Waals surface area contributed by atoms with Gasteiger partial charge >= 0.3 is 5.97 Å². The van der Waals surface area contributed by atoms with Crippen LogP contribution in [0.3, 0.4) is 0 Å². The van der Waals surface area contributed by atoms with Crippen molar-refractivity contribution < 1.29 is 23.8 Å². The molecule has 0 unspecified atom stereocenters. The normalized spacial score (nSPS) is 19.2. The van der Waals surface area contributed by atoms with Gasteiger partial charge in [0.25, 0.3) is 5.91 Å². The number of nitrogens with one attached hydrogen (secondary N) is 1. The fourth-order valence-electron chi connectivity index (χ4n) is 2.70. The molecule has 128 valence electrons. The van der Waals surface area contributed by atoms with Gasteiger partial charge in [-0.15, -0.1) is 0 Å². The van der Waals surface area contributed by atoms with Gasteiger partial charge in [-0.1, -0.05) is 12.2 Å². The Balaban J connectivity index is 1.50. The molecular weight excluding hydrogens is 310 g/mol. The van der Waals surface area contributed by atoms with Crippen molar-refractivity contribution in [3.05, 3.63) is 30.4 Å². The summed E-state index contributed by atoms with van der Waals surface area (Å²) in [5, 5.41) is 2.71. The molecule has 0 aromatic heterocycles. The number of amides is 1. The van der Waals surface area contributed by atoms with Gasteiger partial charge in [0, 0.05) is 18.2 Å². The van der Waals surface area contributed by atoms with Crippen LogP contribution in [0.1, 0.15) is 25.7 Å². The summed E-state index contributed by atoms with van der Waals surface area (Å²) in [4.78, 5) is 23.9. The molecule has 1 aliphatic heterocycles. The summed E-state index contributed by atoms with van der Waals surface area (Å²) >= 11 is 0. The highest BCUT2D eigenvalue weighted by molar-refractivity contribution is 5.93. The molecule has 1 atom stereocenters. The lowest BCUT2D eigenvalue weighted by atomic mass is 9.95. The summed E-state index contributed by atoms with van der Waals surface area (Å²) in [6, 6.07) is 5.21. The predicted molar refractivity (Wildman–Crippen MR) is 88.1 cm³/mol. The van der Waals surface area contributed by atoms with E-state index in [1.54, 1.807) is 18.2 Å². The van der Waals surface area contributed by atoms with Crippen LogP contribution in [0.2, 0.25) is 0 Å². The number of fused-ring (bicyclic) bond motifs is 1. The maximum atomic E-state index is 12.0. The van der Waals surface area contributed by atoms with Gasteiger partial charge in [0.2, 0.25) is 0 Å². The average molecular weight is 331 g/mol. The Morgan fingerprint density at radius 1 is 1.17 bits per heavy atom. The molecule has 1 aromatic rings. The number of esters is 1. The summed E-state index contributed by atoms with van der Waals surface area (Å²) in [5.41, 5.74) is 0.584. The van der Waals surface area contributed by atoms with Crippen molar-refractivity contribution in [1.29, 1.82) is 0 Å². The highest BCUT2D eigenvalue weighted by Gasteiger charge is 2.21. The van der Waals surface area contributed by atoms with Crippen molar-refractivity contribution in [3.63, 3.8) is 0 Å². The fourth-order valence-corrected chi connectivity index (χ4v) is 2.70. The van der Waals surface area contributed by atoms with Crippen LogP contribution in [0.5, 0.6) is 11.5 Å². The first-order valence-electron chi connectivity index (χ1n) is 8.23. The number of carbonyl (C=O) groups is 2. The van der Waals surface area contributed by atoms with E-state index in [0.717, 1.165) is 19.3 Å². The molecule has 1 aliphatic carbocycles. The number of rotatable bonds is 4. The Labute approximate surface area is 140 Å². The maximum Gasteiger partial charge on any atom is 0.309 e. The Morgan fingerprint density at radius 3 is 2.79 bits per heavy atom. The van der Waals surface area contributed by atoms with Crippen LogP contribution >= 0.6 is 0 Å². The molecular formula is C18H21NO5. The second kappa shape index (κ2) is 7.86. The summed E-state index contributed by atoms with van der Waals surface area (Å²) < 4.78 is 16.2. The second-order valence-corrected chi connectivity index (χ2v) is 5.85. The highest BCUT2D eigenvalue weighted by Crippen LogP contribution is 2.32. The van der Waals surface area contributed by atoms with E-state index in [2.05, 4.69) is 11.4 Å². The van der Waals surface area contributed by atoms with E-state index < -0.39 is 0 Å². The smallest absolute Gasteiger partial charge is 0.309 e. The third-order valence-corrected chi connectivity index (χ3v) is 3.98. The third kappa shape index (κ3) is 4.28. The Kier molecular flexibility index (Phi) is 5.36. The van der Waals surface area contributed by atoms with E-state index in [1.807, 2.05) is 6.08 Å². The van der Waals surface area contributed by atoms with Gasteiger partial charge in [0.1, 0.15) is 0 Å². The first-order valence-corrected chi connectivity index (χ1v) is 8.23. The van der Waals surface area contributed by atoms with Crippen molar-refractivity contribution in [1.82, 2.24) is 0 Å². The van der Waals surface area contributed by atoms with Crippen molar-refractivity contribution in [2.75, 3.05) is 25.1 Å². The molecule has 0 saturated heterocycles. The summed E-state index contributed by atoms with van der Waals surface area (Å²) in [6.45, 7) is 0.913. The largest absolute Gasteiger partial charge is 0.490 e. The fraction of sp³-hybridized carbons (Fsp3) is 0.444. The van der Waals surface area contributed by atoms with Crippen LogP contribution in [0.25, 0.3) is 0 Å². The standard InChI is InChI=1S/C18H21NO5/c20-17(12-24-18(21)13-5-2-1-3-6-13)19-14-7-8-15-16(11-14)23-10-4-9-22-15/h1-2,7-8,11,13H,3-6,9-10,12H2,(H,19,20)/t13-/m1/s1. The van der Waals surface area contributed by atoms with Crippen molar-refractivity contribution in [3.8, 4) is 11.5 Å². The molecule has 0 radical (unpaired) electrons. The Bertz CT molecular complexity index is 640. The van der Waals surface area contributed by atoms with Gasteiger partial charge < -0.3 is 19.5 Å². The van der Waals surface area contributed by atoms with Gasteiger partial charge in [0.15, 0.2) is 18.1 Å². The molecule has 0 fully saturated rings. The van der Waals surface area contributed by atoms with Gasteiger partial charge in [-0.25, -0.2) is 0 Å². The predicted octanol–water partition coefficient (Wildman–Crippen LogP) is 2.69. The molecule has 0 bridgehead atoms. The number of allylic oxidation sites excluding steroid dienone is 2. The van der Waals surface area contributed by atoms with E-state index in [0.29, 0.717) is 36.8 Å². The molecule has 1 aromatic carbocycles. The average Bonchev–Trinajstić information content (AvgIpc) is 2.85. The molecule has 6 heteroatoms. The van der Waals surface area contributed by atoms with Gasteiger partial charge in [0.05, 0.1) is 19.1 Å². The number of carbonyl (C=O) groups excluding carboxylic acids is 2. The third-order valence-electron chi connectivity index (χ3n) is 3.98. The van der Waals surface area contributed by atoms with Crippen LogP contribution < -0.4 is 14.8 Å². The molecule has 1 N–H and O–H groups in total. The minimum absolute atomic E-state index is 0.138. The number of benzene rings is 1. The summed E-state index contributed by atoms with van der Waals surface area (Å²) in [7, 11) is 0. The van der Waals surface area contributed by atoms with Crippen molar-refractivity contribution in [2.45, 2.75) is 25.7 Å². The molecule has 6 nitrogen and oxygen atoms in total. The van der Waals surface area contributed by atoms with Crippen LogP contribution in [-0.2, 0) is 14.3 Å². The van der Waals surface area contributed by atoms with Crippen molar-refractivity contribution in [2.24, 2.45) is 5.92 Å². The van der Waals surface area contributed by atoms with E-state index >= 15 is 0 Å². The van der Waals surface area contributed by atoms with Crippen LogP contribution in [0.4, 0.5) is 5.69 Å². The van der Waals surface area contributed by atoms with E-state index in [4.69, 9.17) is 14.2 Å². The van der Waals surface area contributed by atoms with E-state index in [-0.39, 0.29) is 24.4 Å². The van der Waals surface area contributed by atoms with E-state index in [1.165, 1.54) is 0 Å². The van der Waals surface area contributed by atoms with Crippen LogP contribution in [-0.4, -0.2) is 31.7 Å². The first-order chi connectivity index (χ1) is 11.7. The van der Waals surface area contributed by atoms with Gasteiger partial charge in [-0.3, -0.25) is 9.59 Å². The molecule has 3 rings (SSSR count). The molecule has 0 saturated carbocycles. The first kappa shape index (κ1) is 16.4. The summed E-state index contributed by atoms with van der Waals surface area (Å²) in [5.74, 6) is 0.455. The lowest BCUT2D eigenvalue weighted by Crippen LogP contribution is -2.25. The number of anilines is 1. The molecule has 2 aliphatic rings. The van der Waals surface area contributed by atoms with Crippen LogP contribution in [0, 0.1) is 5.92 Å². The van der Waals surface area contributed by atoms with Gasteiger partial charge in [-0.2, -0.15) is 0 Å². The minimum atomic E-state index is -0.371. The van der Waals surface area contributed by atoms with E-state index in [9.17, 15) is 9.59 Å². The van der Waals surface area contributed by atoms with Crippen molar-refractivity contribution >= 4 is 17.6 Å². The molecule has 0 spiro atoms. The SMILES string of the molecule is O=C(COC(=O)[C@@H]1CC=CCC1)Nc1ccc2c(c1)OCCCO2. The number of ether oxygens (including phenoxy) is 3. The zero-order valence-electron chi connectivity index (χ0n) is 13.5. The topological polar surface area (TPSA) is 73.9 Å². The monoisotopic (exact) mass is 331 g/mol. The van der Waals surface area contributed by atoms with Crippen LogP contribution in [0.15, 0.2) is 30.4 Å². The quantitative estimate of drug-likeness (QED) is 0.678. The number of hydrogen-bond donors (Lipinski definition) is 1. The maximum absolute atomic E-state index is 12.0. The highest BCUT2D eigenvalue weighted by atomic mass is 16.5. The second-order valence-electron chi connectivity index (χ2n) is 5.85. The lowest BCUT2D eigenvalue weighted by molar-refractivity contribution is -0.151. The molecule has 1 heterocycles. The Morgan fingerprint density at radius 2 is 2.00 bits per heavy atom. The Hall–Kier alpha value is -2.50. The summed E-state index contributed by atoms with van der Waals surface area (Å²) in [6.07, 6.45) is 7.20. The van der Waals surface area contributed by atoms with Gasteiger partial charge in [-0.05, 0) is 31.4 Å².